The molecule has 20 heavy (non-hydrogen) atoms. The van der Waals surface area contributed by atoms with Crippen LogP contribution in [0.15, 0.2) is 0 Å². The molecule has 0 saturated heterocycles. The van der Waals surface area contributed by atoms with Gasteiger partial charge in [-0.3, -0.25) is 0 Å². The Morgan fingerprint density at radius 2 is 1.45 bits per heavy atom. The van der Waals surface area contributed by atoms with E-state index < -0.39 is 5.67 Å². The van der Waals surface area contributed by atoms with Gasteiger partial charge in [-0.15, -0.1) is 0 Å². The summed E-state index contributed by atoms with van der Waals surface area (Å²) in [5.41, 5.74) is -0.812. The minimum atomic E-state index is -0.812. The third-order valence-electron chi connectivity index (χ3n) is 6.33. The number of rotatable bonds is 6. The molecule has 0 bridgehead atoms. The molecular weight excluding hydrogens is 247 g/mol. The zero-order valence-electron chi connectivity index (χ0n) is 13.8. The number of hydrogen-bond acceptors (Lipinski definition) is 0. The highest BCUT2D eigenvalue weighted by molar-refractivity contribution is 4.88. The lowest BCUT2D eigenvalue weighted by molar-refractivity contribution is 0.0513. The molecule has 2 fully saturated rings. The van der Waals surface area contributed by atoms with Crippen LogP contribution in [0.3, 0.4) is 0 Å². The van der Waals surface area contributed by atoms with E-state index in [9.17, 15) is 4.39 Å². The largest absolute Gasteiger partial charge is 0.244 e. The highest BCUT2D eigenvalue weighted by atomic mass is 19.1. The first kappa shape index (κ1) is 16.3. The zero-order valence-corrected chi connectivity index (χ0v) is 13.8. The lowest BCUT2D eigenvalue weighted by Crippen LogP contribution is -2.32. The SMILES string of the molecule is CCCCC[C@H]1CC[C@H](C2CCC(F)(CC)CC2)CC1. The van der Waals surface area contributed by atoms with Crippen LogP contribution < -0.4 is 0 Å². The van der Waals surface area contributed by atoms with E-state index in [0.29, 0.717) is 0 Å². The highest BCUT2D eigenvalue weighted by Gasteiger charge is 2.37. The maximum atomic E-state index is 14.3. The smallest absolute Gasteiger partial charge is 0.110 e. The Hall–Kier alpha value is -0.0700. The van der Waals surface area contributed by atoms with Crippen molar-refractivity contribution < 1.29 is 4.39 Å². The molecule has 118 valence electrons. The van der Waals surface area contributed by atoms with E-state index in [0.717, 1.165) is 49.9 Å². The van der Waals surface area contributed by atoms with Gasteiger partial charge in [-0.2, -0.15) is 0 Å². The molecule has 0 radical (unpaired) electrons. The van der Waals surface area contributed by atoms with Crippen LogP contribution in [0.2, 0.25) is 0 Å². The van der Waals surface area contributed by atoms with Gasteiger partial charge in [0, 0.05) is 0 Å². The zero-order chi connectivity index (χ0) is 14.4. The molecule has 2 rings (SSSR count). The van der Waals surface area contributed by atoms with Gasteiger partial charge in [0.2, 0.25) is 0 Å². The van der Waals surface area contributed by atoms with Crippen LogP contribution in [0.5, 0.6) is 0 Å². The van der Waals surface area contributed by atoms with Gasteiger partial charge in [-0.25, -0.2) is 4.39 Å². The van der Waals surface area contributed by atoms with E-state index in [-0.39, 0.29) is 0 Å². The van der Waals surface area contributed by atoms with Crippen molar-refractivity contribution >= 4 is 0 Å². The molecule has 1 heteroatoms. The summed E-state index contributed by atoms with van der Waals surface area (Å²) in [4.78, 5) is 0. The van der Waals surface area contributed by atoms with E-state index in [1.807, 2.05) is 6.92 Å². The van der Waals surface area contributed by atoms with E-state index in [1.165, 1.54) is 51.4 Å². The third kappa shape index (κ3) is 4.46. The van der Waals surface area contributed by atoms with Crippen molar-refractivity contribution in [2.75, 3.05) is 0 Å². The van der Waals surface area contributed by atoms with Crippen molar-refractivity contribution in [3.63, 3.8) is 0 Å². The fourth-order valence-corrected chi connectivity index (χ4v) is 4.61. The van der Waals surface area contributed by atoms with E-state index in [2.05, 4.69) is 6.92 Å². The van der Waals surface area contributed by atoms with Gasteiger partial charge in [0.05, 0.1) is 0 Å². The molecular formula is C19H35F. The lowest BCUT2D eigenvalue weighted by Gasteiger charge is -2.40. The van der Waals surface area contributed by atoms with Crippen LogP contribution in [0.4, 0.5) is 4.39 Å². The summed E-state index contributed by atoms with van der Waals surface area (Å²) in [6.07, 6.45) is 16.2. The molecule has 0 nitrogen and oxygen atoms in total. The summed E-state index contributed by atoms with van der Waals surface area (Å²) in [6.45, 7) is 4.31. The summed E-state index contributed by atoms with van der Waals surface area (Å²) in [5, 5.41) is 0. The molecule has 0 aromatic rings. The lowest BCUT2D eigenvalue weighted by atomic mass is 9.67. The van der Waals surface area contributed by atoms with E-state index in [4.69, 9.17) is 0 Å². The molecule has 0 aromatic heterocycles. The summed E-state index contributed by atoms with van der Waals surface area (Å²) >= 11 is 0. The number of unbranched alkanes of at least 4 members (excludes halogenated alkanes) is 2. The fourth-order valence-electron chi connectivity index (χ4n) is 4.61. The summed E-state index contributed by atoms with van der Waals surface area (Å²) in [7, 11) is 0. The first-order valence-corrected chi connectivity index (χ1v) is 9.35. The fraction of sp³-hybridized carbons (Fsp3) is 1.00. The van der Waals surface area contributed by atoms with Crippen LogP contribution in [0.1, 0.15) is 97.3 Å². The van der Waals surface area contributed by atoms with Crippen molar-refractivity contribution in [1.29, 1.82) is 0 Å². The standard InChI is InChI=1S/C19H35F/c1-3-5-6-7-16-8-10-17(11-9-16)18-12-14-19(20,4-2)15-13-18/h16-18H,3-15H2,1-2H3/t16-,17-,18?,19?. The quantitative estimate of drug-likeness (QED) is 0.476. The Morgan fingerprint density at radius 1 is 0.850 bits per heavy atom. The predicted octanol–water partition coefficient (Wildman–Crippen LogP) is 6.68. The monoisotopic (exact) mass is 282 g/mol. The second-order valence-corrected chi connectivity index (χ2v) is 7.62. The van der Waals surface area contributed by atoms with Crippen LogP contribution in [-0.2, 0) is 0 Å². The first-order chi connectivity index (χ1) is 9.67. The van der Waals surface area contributed by atoms with Gasteiger partial charge >= 0.3 is 0 Å². The molecule has 2 saturated carbocycles. The molecule has 0 atom stereocenters. The summed E-state index contributed by atoms with van der Waals surface area (Å²) in [5.74, 6) is 2.79. The molecule has 0 amide bonds. The van der Waals surface area contributed by atoms with Crippen molar-refractivity contribution in [2.24, 2.45) is 17.8 Å². The van der Waals surface area contributed by atoms with Crippen molar-refractivity contribution in [3.8, 4) is 0 Å². The number of halogens is 1. The maximum Gasteiger partial charge on any atom is 0.110 e. The van der Waals surface area contributed by atoms with Crippen LogP contribution in [-0.4, -0.2) is 5.67 Å². The topological polar surface area (TPSA) is 0 Å². The second-order valence-electron chi connectivity index (χ2n) is 7.62. The van der Waals surface area contributed by atoms with Crippen LogP contribution >= 0.6 is 0 Å². The molecule has 0 heterocycles. The minimum Gasteiger partial charge on any atom is -0.244 e. The summed E-state index contributed by atoms with van der Waals surface area (Å²) < 4.78 is 14.3. The van der Waals surface area contributed by atoms with Gasteiger partial charge in [-0.05, 0) is 62.7 Å². The van der Waals surface area contributed by atoms with Gasteiger partial charge in [-0.1, -0.05) is 52.4 Å². The first-order valence-electron chi connectivity index (χ1n) is 9.35. The van der Waals surface area contributed by atoms with E-state index >= 15 is 0 Å². The second kappa shape index (κ2) is 7.80. The molecule has 0 spiro atoms. The predicted molar refractivity (Wildman–Crippen MR) is 85.7 cm³/mol. The maximum absolute atomic E-state index is 14.3. The van der Waals surface area contributed by atoms with Crippen LogP contribution in [0.25, 0.3) is 0 Å². The van der Waals surface area contributed by atoms with Gasteiger partial charge < -0.3 is 0 Å². The van der Waals surface area contributed by atoms with Gasteiger partial charge in [0.15, 0.2) is 0 Å². The Labute approximate surface area is 125 Å². The van der Waals surface area contributed by atoms with Crippen molar-refractivity contribution in [1.82, 2.24) is 0 Å². The molecule has 2 aliphatic carbocycles. The van der Waals surface area contributed by atoms with E-state index in [1.54, 1.807) is 0 Å². The normalized spacial score (nSPS) is 38.9. The van der Waals surface area contributed by atoms with Crippen LogP contribution in [0, 0.1) is 17.8 Å². The molecule has 0 aromatic carbocycles. The molecule has 2 aliphatic rings. The Bertz CT molecular complexity index is 257. The average Bonchev–Trinajstić information content (AvgIpc) is 2.49. The highest BCUT2D eigenvalue weighted by Crippen LogP contribution is 2.45. The van der Waals surface area contributed by atoms with Crippen molar-refractivity contribution in [2.45, 2.75) is 103 Å². The Kier molecular flexibility index (Phi) is 6.36. The average molecular weight is 282 g/mol. The van der Waals surface area contributed by atoms with Gasteiger partial charge in [0.25, 0.3) is 0 Å². The van der Waals surface area contributed by atoms with Gasteiger partial charge in [0.1, 0.15) is 5.67 Å². The third-order valence-corrected chi connectivity index (χ3v) is 6.33. The minimum absolute atomic E-state index is 0.726. The van der Waals surface area contributed by atoms with Crippen molar-refractivity contribution in [3.05, 3.63) is 0 Å². The molecule has 0 N–H and O–H groups in total. The Morgan fingerprint density at radius 3 is 2.00 bits per heavy atom. The number of alkyl halides is 1. The Balaban J connectivity index is 1.67. The number of hydrogen-bond donors (Lipinski definition) is 0. The summed E-state index contributed by atoms with van der Waals surface area (Å²) in [6, 6.07) is 0. The molecule has 0 aliphatic heterocycles. The molecule has 0 unspecified atom stereocenters.